The average molecular weight is 469 g/mol. The van der Waals surface area contributed by atoms with Gasteiger partial charge in [0.2, 0.25) is 6.79 Å². The van der Waals surface area contributed by atoms with Crippen molar-refractivity contribution in [3.8, 4) is 11.5 Å². The van der Waals surface area contributed by atoms with Crippen LogP contribution in [0.4, 0.5) is 0 Å². The molecule has 1 heterocycles. The van der Waals surface area contributed by atoms with Crippen molar-refractivity contribution in [2.75, 3.05) is 6.79 Å². The minimum Gasteiger partial charge on any atom is -0.454 e. The van der Waals surface area contributed by atoms with Crippen LogP contribution in [0.1, 0.15) is 22.8 Å². The number of nitrogens with one attached hydrogen (secondary N) is 1. The molecule has 0 saturated heterocycles. The van der Waals surface area contributed by atoms with E-state index in [-0.39, 0.29) is 12.7 Å². The maximum Gasteiger partial charge on any atom is 0.272 e. The average Bonchev–Trinajstić information content (AvgIpc) is 3.04. The van der Waals surface area contributed by atoms with Crippen molar-refractivity contribution in [2.45, 2.75) is 6.92 Å². The van der Waals surface area contributed by atoms with Crippen LogP contribution in [0, 0.1) is 3.57 Å². The lowest BCUT2D eigenvalue weighted by atomic mass is 10.1. The van der Waals surface area contributed by atoms with Crippen molar-refractivity contribution in [3.63, 3.8) is 0 Å². The Hall–Kier alpha value is -2.06. The molecule has 7 heteroatoms. The van der Waals surface area contributed by atoms with Gasteiger partial charge in [0.25, 0.3) is 5.91 Å². The predicted molar refractivity (Wildman–Crippen MR) is 106 cm³/mol. The van der Waals surface area contributed by atoms with Crippen LogP contribution in [0.25, 0.3) is 6.08 Å². The number of rotatable bonds is 4. The summed E-state index contributed by atoms with van der Waals surface area (Å²) in [5.41, 5.74) is 4.70. The Morgan fingerprint density at radius 1 is 1.24 bits per heavy atom. The first-order valence-electron chi connectivity index (χ1n) is 7.39. The van der Waals surface area contributed by atoms with Gasteiger partial charge in [-0.3, -0.25) is 4.79 Å². The molecule has 0 bridgehead atoms. The molecule has 2 aromatic carbocycles. The third-order valence-electron chi connectivity index (χ3n) is 3.40. The number of hydrogen-bond donors (Lipinski definition) is 1. The van der Waals surface area contributed by atoms with Crippen LogP contribution in [0.2, 0.25) is 5.02 Å². The fourth-order valence-electron chi connectivity index (χ4n) is 2.23. The first-order valence-corrected chi connectivity index (χ1v) is 8.85. The molecule has 1 aliphatic heterocycles. The SMILES string of the molecule is CC(/C=N\NC(=O)c1cc(I)ccc1Cl)=C\c1ccc2c(c1)OCO2. The van der Waals surface area contributed by atoms with Gasteiger partial charge >= 0.3 is 0 Å². The Labute approximate surface area is 163 Å². The molecule has 3 rings (SSSR count). The number of fused-ring (bicyclic) bond motifs is 1. The van der Waals surface area contributed by atoms with Gasteiger partial charge in [-0.05, 0) is 71.0 Å². The molecule has 0 spiro atoms. The quantitative estimate of drug-likeness (QED) is 0.409. The summed E-state index contributed by atoms with van der Waals surface area (Å²) in [6.07, 6.45) is 3.50. The van der Waals surface area contributed by atoms with E-state index in [4.69, 9.17) is 21.1 Å². The summed E-state index contributed by atoms with van der Waals surface area (Å²) in [6, 6.07) is 10.9. The standard InChI is InChI=1S/C18H14ClIN2O3/c1-11(6-12-2-5-16-17(7-12)25-10-24-16)9-21-22-18(23)14-8-13(20)3-4-15(14)19/h2-9H,10H2,1H3,(H,22,23)/b11-6+,21-9-. The number of carbonyl (C=O) groups is 1. The molecule has 1 N–H and O–H groups in total. The fourth-order valence-corrected chi connectivity index (χ4v) is 2.92. The van der Waals surface area contributed by atoms with Gasteiger partial charge in [-0.1, -0.05) is 23.7 Å². The fraction of sp³-hybridized carbons (Fsp3) is 0.111. The molecule has 25 heavy (non-hydrogen) atoms. The minimum atomic E-state index is -0.351. The number of benzene rings is 2. The maximum atomic E-state index is 12.1. The molecule has 128 valence electrons. The number of allylic oxidation sites excluding steroid dienone is 1. The smallest absolute Gasteiger partial charge is 0.272 e. The molecule has 2 aromatic rings. The maximum absolute atomic E-state index is 12.1. The van der Waals surface area contributed by atoms with Crippen LogP contribution in [-0.4, -0.2) is 18.9 Å². The van der Waals surface area contributed by atoms with Crippen LogP contribution in [0.3, 0.4) is 0 Å². The second-order valence-corrected chi connectivity index (χ2v) is 6.98. The van der Waals surface area contributed by atoms with E-state index in [2.05, 4.69) is 33.1 Å². The molecule has 0 unspecified atom stereocenters. The lowest BCUT2D eigenvalue weighted by Gasteiger charge is -2.03. The monoisotopic (exact) mass is 468 g/mol. The molecular formula is C18H14ClIN2O3. The van der Waals surface area contributed by atoms with Crippen molar-refractivity contribution in [1.29, 1.82) is 0 Å². The Morgan fingerprint density at radius 2 is 2.04 bits per heavy atom. The second-order valence-electron chi connectivity index (χ2n) is 5.32. The van der Waals surface area contributed by atoms with Crippen LogP contribution < -0.4 is 14.9 Å². The van der Waals surface area contributed by atoms with E-state index in [1.165, 1.54) is 0 Å². The predicted octanol–water partition coefficient (Wildman–Crippen LogP) is 4.49. The van der Waals surface area contributed by atoms with Crippen molar-refractivity contribution in [3.05, 3.63) is 61.7 Å². The first-order chi connectivity index (χ1) is 12.0. The van der Waals surface area contributed by atoms with Crippen LogP contribution in [0.15, 0.2) is 47.1 Å². The molecule has 0 radical (unpaired) electrons. The van der Waals surface area contributed by atoms with Crippen molar-refractivity contribution in [1.82, 2.24) is 5.43 Å². The van der Waals surface area contributed by atoms with Gasteiger partial charge in [-0.2, -0.15) is 5.10 Å². The lowest BCUT2D eigenvalue weighted by Crippen LogP contribution is -2.18. The summed E-state index contributed by atoms with van der Waals surface area (Å²) in [5.74, 6) is 1.11. The summed E-state index contributed by atoms with van der Waals surface area (Å²) in [6.45, 7) is 2.13. The van der Waals surface area contributed by atoms with Crippen LogP contribution in [0.5, 0.6) is 11.5 Å². The van der Waals surface area contributed by atoms with E-state index in [0.29, 0.717) is 10.6 Å². The Kier molecular flexibility index (Phi) is 5.60. The zero-order valence-electron chi connectivity index (χ0n) is 13.3. The normalized spacial score (nSPS) is 13.3. The number of carbonyl (C=O) groups excluding carboxylic acids is 1. The summed E-state index contributed by atoms with van der Waals surface area (Å²) < 4.78 is 11.6. The van der Waals surface area contributed by atoms with E-state index >= 15 is 0 Å². The van der Waals surface area contributed by atoms with Crippen molar-refractivity contribution in [2.24, 2.45) is 5.10 Å². The molecule has 5 nitrogen and oxygen atoms in total. The van der Waals surface area contributed by atoms with Crippen molar-refractivity contribution >= 4 is 52.4 Å². The molecule has 1 amide bonds. The van der Waals surface area contributed by atoms with E-state index < -0.39 is 0 Å². The van der Waals surface area contributed by atoms with Gasteiger partial charge in [-0.25, -0.2) is 5.43 Å². The lowest BCUT2D eigenvalue weighted by molar-refractivity contribution is 0.0955. The molecule has 0 aromatic heterocycles. The topological polar surface area (TPSA) is 59.9 Å². The largest absolute Gasteiger partial charge is 0.454 e. The highest BCUT2D eigenvalue weighted by Gasteiger charge is 2.12. The highest BCUT2D eigenvalue weighted by molar-refractivity contribution is 14.1. The van der Waals surface area contributed by atoms with E-state index in [1.54, 1.807) is 18.3 Å². The number of hydrogen-bond acceptors (Lipinski definition) is 4. The number of halogens is 2. The van der Waals surface area contributed by atoms with E-state index in [9.17, 15) is 4.79 Å². The third-order valence-corrected chi connectivity index (χ3v) is 4.40. The summed E-state index contributed by atoms with van der Waals surface area (Å²) >= 11 is 8.16. The van der Waals surface area contributed by atoms with Crippen LogP contribution >= 0.6 is 34.2 Å². The summed E-state index contributed by atoms with van der Waals surface area (Å²) in [4.78, 5) is 12.1. The molecule has 0 aliphatic carbocycles. The molecule has 1 aliphatic rings. The molecule has 0 saturated carbocycles. The zero-order chi connectivity index (χ0) is 17.8. The molecular weight excluding hydrogens is 455 g/mol. The number of nitrogens with zero attached hydrogens (tertiary/aromatic N) is 1. The van der Waals surface area contributed by atoms with E-state index in [1.807, 2.05) is 37.3 Å². The van der Waals surface area contributed by atoms with Crippen LogP contribution in [-0.2, 0) is 0 Å². The number of amides is 1. The Morgan fingerprint density at radius 3 is 2.88 bits per heavy atom. The highest BCUT2D eigenvalue weighted by Crippen LogP contribution is 2.33. The molecule has 0 atom stereocenters. The zero-order valence-corrected chi connectivity index (χ0v) is 16.2. The van der Waals surface area contributed by atoms with Crippen molar-refractivity contribution < 1.29 is 14.3 Å². The summed E-state index contributed by atoms with van der Waals surface area (Å²) in [5, 5.41) is 4.37. The first kappa shape index (κ1) is 17.8. The highest BCUT2D eigenvalue weighted by atomic mass is 127. The minimum absolute atomic E-state index is 0.246. The second kappa shape index (κ2) is 7.88. The molecule has 0 fully saturated rings. The Bertz CT molecular complexity index is 881. The van der Waals surface area contributed by atoms with Gasteiger partial charge in [-0.15, -0.1) is 0 Å². The number of hydrazone groups is 1. The Balaban J connectivity index is 1.65. The summed E-state index contributed by atoms with van der Waals surface area (Å²) in [7, 11) is 0. The van der Waals surface area contributed by atoms with Gasteiger partial charge in [0, 0.05) is 3.57 Å². The van der Waals surface area contributed by atoms with Gasteiger partial charge in [0.15, 0.2) is 11.5 Å². The van der Waals surface area contributed by atoms with Gasteiger partial charge < -0.3 is 9.47 Å². The third kappa shape index (κ3) is 4.52. The number of ether oxygens (including phenoxy) is 2. The van der Waals surface area contributed by atoms with Gasteiger partial charge in [0.1, 0.15) is 0 Å². The van der Waals surface area contributed by atoms with E-state index in [0.717, 1.165) is 26.2 Å². The van der Waals surface area contributed by atoms with Gasteiger partial charge in [0.05, 0.1) is 16.8 Å².